The molecule has 3 aromatic carbocycles. The van der Waals surface area contributed by atoms with E-state index in [1.807, 2.05) is 25.2 Å². The van der Waals surface area contributed by atoms with Crippen LogP contribution in [0.15, 0.2) is 72.8 Å². The van der Waals surface area contributed by atoms with Crippen LogP contribution in [0, 0.1) is 0 Å². The van der Waals surface area contributed by atoms with Gasteiger partial charge in [-0.25, -0.2) is 0 Å². The van der Waals surface area contributed by atoms with Gasteiger partial charge in [-0.05, 0) is 23.3 Å². The van der Waals surface area contributed by atoms with Crippen molar-refractivity contribution >= 4 is 22.7 Å². The van der Waals surface area contributed by atoms with Crippen LogP contribution in [0.3, 0.4) is 0 Å². The van der Waals surface area contributed by atoms with Crippen molar-refractivity contribution < 1.29 is 0 Å². The molecular weight excluding hydrogens is 320 g/mol. The summed E-state index contributed by atoms with van der Waals surface area (Å²) in [6.07, 6.45) is 0. The van der Waals surface area contributed by atoms with Crippen molar-refractivity contribution in [1.29, 1.82) is 0 Å². The predicted molar refractivity (Wildman–Crippen MR) is 113 cm³/mol. The quantitative estimate of drug-likeness (QED) is 0.549. The Kier molecular flexibility index (Phi) is 5.64. The zero-order valence-electron chi connectivity index (χ0n) is 15.4. The van der Waals surface area contributed by atoms with Gasteiger partial charge in [-0.3, -0.25) is 0 Å². The summed E-state index contributed by atoms with van der Waals surface area (Å²) in [7, 11) is 3.98. The van der Waals surface area contributed by atoms with Gasteiger partial charge in [-0.15, -0.1) is 0 Å². The molecule has 0 unspecified atom stereocenters. The van der Waals surface area contributed by atoms with Crippen LogP contribution < -0.4 is 21.3 Å². The van der Waals surface area contributed by atoms with E-state index in [0.29, 0.717) is 0 Å². The number of anilines is 4. The first-order valence-electron chi connectivity index (χ1n) is 8.81. The Morgan fingerprint density at radius 3 is 2.08 bits per heavy atom. The highest BCUT2D eigenvalue weighted by molar-refractivity contribution is 5.83. The minimum absolute atomic E-state index is 0.762. The van der Waals surface area contributed by atoms with Crippen molar-refractivity contribution in [2.45, 2.75) is 13.1 Å². The second-order valence-electron chi connectivity index (χ2n) is 6.39. The van der Waals surface area contributed by atoms with Crippen molar-refractivity contribution in [3.63, 3.8) is 0 Å². The maximum Gasteiger partial charge on any atom is 0.0622 e. The number of hydrogen-bond donors (Lipinski definition) is 3. The van der Waals surface area contributed by atoms with Gasteiger partial charge in [0.2, 0.25) is 0 Å². The largest absolute Gasteiger partial charge is 0.397 e. The van der Waals surface area contributed by atoms with Crippen molar-refractivity contribution in [2.75, 3.05) is 35.4 Å². The molecule has 0 aliphatic carbocycles. The molecule has 4 heteroatoms. The van der Waals surface area contributed by atoms with Gasteiger partial charge in [0.15, 0.2) is 0 Å². The Morgan fingerprint density at radius 1 is 0.846 bits per heavy atom. The summed E-state index contributed by atoms with van der Waals surface area (Å²) < 4.78 is 0. The van der Waals surface area contributed by atoms with Crippen LogP contribution >= 0.6 is 0 Å². The zero-order valence-corrected chi connectivity index (χ0v) is 15.4. The number of benzene rings is 3. The zero-order chi connectivity index (χ0) is 18.4. The van der Waals surface area contributed by atoms with Crippen LogP contribution in [0.4, 0.5) is 22.7 Å². The molecule has 4 N–H and O–H groups in total. The maximum absolute atomic E-state index is 6.32. The molecule has 0 fully saturated rings. The Balaban J connectivity index is 1.81. The molecule has 134 valence electrons. The second kappa shape index (κ2) is 8.30. The lowest BCUT2D eigenvalue weighted by Gasteiger charge is -2.24. The van der Waals surface area contributed by atoms with E-state index in [1.165, 1.54) is 11.1 Å². The first kappa shape index (κ1) is 17.7. The molecule has 0 aliphatic heterocycles. The lowest BCUT2D eigenvalue weighted by Crippen LogP contribution is -2.18. The van der Waals surface area contributed by atoms with Gasteiger partial charge >= 0.3 is 0 Å². The number of hydrogen-bond acceptors (Lipinski definition) is 4. The summed E-state index contributed by atoms with van der Waals surface area (Å²) in [6, 6.07) is 24.9. The monoisotopic (exact) mass is 346 g/mol. The summed E-state index contributed by atoms with van der Waals surface area (Å²) in [4.78, 5) is 2.18. The van der Waals surface area contributed by atoms with Crippen molar-refractivity contribution in [3.05, 3.63) is 83.9 Å². The van der Waals surface area contributed by atoms with E-state index in [0.717, 1.165) is 35.8 Å². The van der Waals surface area contributed by atoms with Gasteiger partial charge in [0.1, 0.15) is 0 Å². The van der Waals surface area contributed by atoms with Gasteiger partial charge < -0.3 is 21.3 Å². The van der Waals surface area contributed by atoms with E-state index < -0.39 is 0 Å². The number of nitrogens with two attached hydrogens (primary N) is 1. The van der Waals surface area contributed by atoms with E-state index in [9.17, 15) is 0 Å². The van der Waals surface area contributed by atoms with Gasteiger partial charge in [-0.1, -0.05) is 60.7 Å². The summed E-state index contributed by atoms with van der Waals surface area (Å²) in [6.45, 7) is 1.57. The van der Waals surface area contributed by atoms with Gasteiger partial charge in [0.25, 0.3) is 0 Å². The molecule has 0 heterocycles. The fraction of sp³-hybridized carbons (Fsp3) is 0.182. The highest BCUT2D eigenvalue weighted by Crippen LogP contribution is 2.34. The van der Waals surface area contributed by atoms with E-state index >= 15 is 0 Å². The van der Waals surface area contributed by atoms with Gasteiger partial charge in [0, 0.05) is 27.2 Å². The maximum atomic E-state index is 6.32. The third-order valence-electron chi connectivity index (χ3n) is 4.44. The smallest absolute Gasteiger partial charge is 0.0622 e. The Morgan fingerprint density at radius 2 is 1.46 bits per heavy atom. The molecule has 0 aliphatic rings. The molecular formula is C22H26N4. The summed E-state index contributed by atoms with van der Waals surface area (Å²) in [5.74, 6) is 0. The highest BCUT2D eigenvalue weighted by atomic mass is 15.1. The van der Waals surface area contributed by atoms with Crippen LogP contribution in [0.2, 0.25) is 0 Å². The van der Waals surface area contributed by atoms with Crippen molar-refractivity contribution in [3.8, 4) is 0 Å². The van der Waals surface area contributed by atoms with Crippen LogP contribution in [0.25, 0.3) is 0 Å². The number of nitrogens with one attached hydrogen (secondary N) is 2. The third kappa shape index (κ3) is 4.28. The molecule has 0 saturated carbocycles. The Bertz CT molecular complexity index is 832. The fourth-order valence-corrected chi connectivity index (χ4v) is 3.02. The standard InChI is InChI=1S/C22H26N4/c1-24-20-13-19(23)22(26(2)16-18-11-7-4-8-12-18)14-21(20)25-15-17-9-5-3-6-10-17/h3-14,24-25H,15-16,23H2,1-2H3. The van der Waals surface area contributed by atoms with Crippen LogP contribution in [0.5, 0.6) is 0 Å². The molecule has 26 heavy (non-hydrogen) atoms. The summed E-state index contributed by atoms with van der Waals surface area (Å²) in [5, 5.41) is 6.75. The number of rotatable bonds is 7. The molecule has 0 bridgehead atoms. The molecule has 0 spiro atoms. The second-order valence-corrected chi connectivity index (χ2v) is 6.39. The Labute approximate surface area is 155 Å². The SMILES string of the molecule is CNc1cc(N)c(N(C)Cc2ccccc2)cc1NCc1ccccc1. The van der Waals surface area contributed by atoms with Crippen molar-refractivity contribution in [2.24, 2.45) is 0 Å². The number of nitrogens with zero attached hydrogens (tertiary/aromatic N) is 1. The summed E-state index contributed by atoms with van der Waals surface area (Å²) >= 11 is 0. The van der Waals surface area contributed by atoms with E-state index in [-0.39, 0.29) is 0 Å². The molecule has 0 aromatic heterocycles. The molecule has 0 atom stereocenters. The third-order valence-corrected chi connectivity index (χ3v) is 4.44. The average Bonchev–Trinajstić information content (AvgIpc) is 2.68. The topological polar surface area (TPSA) is 53.3 Å². The first-order valence-corrected chi connectivity index (χ1v) is 8.81. The predicted octanol–water partition coefficient (Wildman–Crippen LogP) is 4.56. The molecule has 0 radical (unpaired) electrons. The Hall–Kier alpha value is -3.14. The normalized spacial score (nSPS) is 10.4. The minimum atomic E-state index is 0.762. The lowest BCUT2D eigenvalue weighted by atomic mass is 10.1. The first-order chi connectivity index (χ1) is 12.7. The van der Waals surface area contributed by atoms with Crippen molar-refractivity contribution in [1.82, 2.24) is 0 Å². The fourth-order valence-electron chi connectivity index (χ4n) is 3.02. The van der Waals surface area contributed by atoms with Gasteiger partial charge in [-0.2, -0.15) is 0 Å². The van der Waals surface area contributed by atoms with Crippen LogP contribution in [-0.2, 0) is 13.1 Å². The van der Waals surface area contributed by atoms with E-state index in [4.69, 9.17) is 5.73 Å². The molecule has 0 amide bonds. The van der Waals surface area contributed by atoms with Crippen LogP contribution in [0.1, 0.15) is 11.1 Å². The average molecular weight is 346 g/mol. The van der Waals surface area contributed by atoms with Crippen LogP contribution in [-0.4, -0.2) is 14.1 Å². The van der Waals surface area contributed by atoms with Gasteiger partial charge in [0.05, 0.1) is 22.7 Å². The highest BCUT2D eigenvalue weighted by Gasteiger charge is 2.11. The number of nitrogen functional groups attached to an aromatic ring is 1. The molecule has 3 rings (SSSR count). The minimum Gasteiger partial charge on any atom is -0.397 e. The van der Waals surface area contributed by atoms with E-state index in [1.54, 1.807) is 0 Å². The molecule has 4 nitrogen and oxygen atoms in total. The molecule has 3 aromatic rings. The molecule has 0 saturated heterocycles. The van der Waals surface area contributed by atoms with E-state index in [2.05, 4.69) is 77.2 Å². The lowest BCUT2D eigenvalue weighted by molar-refractivity contribution is 0.924. The summed E-state index contributed by atoms with van der Waals surface area (Å²) in [5.41, 5.74) is 12.6.